The first-order valence-electron chi connectivity index (χ1n) is 5.79. The molecule has 0 saturated heterocycles. The number of sulfonamides is 1. The molecule has 0 aliphatic rings. The minimum absolute atomic E-state index is 0.120. The molecule has 0 amide bonds. The third-order valence-corrected chi connectivity index (χ3v) is 4.09. The average molecular weight is 350 g/mol. The van der Waals surface area contributed by atoms with Gasteiger partial charge in [-0.3, -0.25) is 0 Å². The molecule has 0 aromatic heterocycles. The lowest BCUT2D eigenvalue weighted by atomic mass is 10.2. The molecule has 1 unspecified atom stereocenters. The number of carbonyl (C=O) groups excluding carboxylic acids is 1. The molecule has 1 rings (SSSR count). The van der Waals surface area contributed by atoms with Crippen molar-refractivity contribution in [2.45, 2.75) is 37.7 Å². The first kappa shape index (κ1) is 16.1. The molecule has 0 radical (unpaired) electrons. The Kier molecular flexibility index (Phi) is 5.51. The van der Waals surface area contributed by atoms with E-state index in [4.69, 9.17) is 9.88 Å². The summed E-state index contributed by atoms with van der Waals surface area (Å²) in [5, 5.41) is 5.03. The Morgan fingerprint density at radius 3 is 2.63 bits per heavy atom. The normalized spacial score (nSPS) is 13.1. The molecule has 5 nitrogen and oxygen atoms in total. The summed E-state index contributed by atoms with van der Waals surface area (Å²) < 4.78 is 28.2. The third-order valence-electron chi connectivity index (χ3n) is 2.49. The summed E-state index contributed by atoms with van der Waals surface area (Å²) in [5.74, 6) is -0.571. The first-order chi connectivity index (χ1) is 8.75. The quantitative estimate of drug-likeness (QED) is 0.827. The van der Waals surface area contributed by atoms with Crippen LogP contribution in [0.3, 0.4) is 0 Å². The number of benzene rings is 1. The van der Waals surface area contributed by atoms with Gasteiger partial charge in [-0.15, -0.1) is 0 Å². The molecule has 0 aliphatic carbocycles. The molecule has 2 N–H and O–H groups in total. The molecule has 0 bridgehead atoms. The van der Waals surface area contributed by atoms with Crippen LogP contribution in [0.15, 0.2) is 27.6 Å². The lowest BCUT2D eigenvalue weighted by molar-refractivity contribution is 0.0322. The zero-order valence-electron chi connectivity index (χ0n) is 10.7. The van der Waals surface area contributed by atoms with Gasteiger partial charge >= 0.3 is 5.97 Å². The summed E-state index contributed by atoms with van der Waals surface area (Å²) in [6, 6.07) is 3.99. The number of nitrogens with two attached hydrogens (primary N) is 1. The molecule has 106 valence electrons. The van der Waals surface area contributed by atoms with Crippen LogP contribution in [-0.4, -0.2) is 20.5 Å². The van der Waals surface area contributed by atoms with Gasteiger partial charge in [-0.25, -0.2) is 18.4 Å². The first-order valence-corrected chi connectivity index (χ1v) is 8.13. The predicted octanol–water partition coefficient (Wildman–Crippen LogP) is 2.44. The van der Waals surface area contributed by atoms with Crippen LogP contribution in [0.5, 0.6) is 0 Å². The Morgan fingerprint density at radius 1 is 1.47 bits per heavy atom. The largest absolute Gasteiger partial charge is 0.459 e. The summed E-state index contributed by atoms with van der Waals surface area (Å²) in [7, 11) is -3.84. The van der Waals surface area contributed by atoms with Gasteiger partial charge in [-0.2, -0.15) is 0 Å². The second-order valence-electron chi connectivity index (χ2n) is 4.19. The number of hydrogen-bond acceptors (Lipinski definition) is 4. The van der Waals surface area contributed by atoms with Crippen molar-refractivity contribution in [3.05, 3.63) is 28.2 Å². The Morgan fingerprint density at radius 2 is 2.11 bits per heavy atom. The average Bonchev–Trinajstić information content (AvgIpc) is 2.27. The van der Waals surface area contributed by atoms with Crippen LogP contribution in [0.25, 0.3) is 0 Å². The van der Waals surface area contributed by atoms with Gasteiger partial charge in [0.05, 0.1) is 16.6 Å². The van der Waals surface area contributed by atoms with Crippen LogP contribution in [0.4, 0.5) is 0 Å². The molecule has 1 aromatic carbocycles. The summed E-state index contributed by atoms with van der Waals surface area (Å²) >= 11 is 3.19. The van der Waals surface area contributed by atoms with Gasteiger partial charge in [0.25, 0.3) is 0 Å². The van der Waals surface area contributed by atoms with Gasteiger partial charge in [0, 0.05) is 4.47 Å². The number of carbonyl (C=O) groups is 1. The van der Waals surface area contributed by atoms with E-state index in [1.807, 2.05) is 6.92 Å². The Balaban J connectivity index is 3.03. The summed E-state index contributed by atoms with van der Waals surface area (Å²) in [5.41, 5.74) is 0.148. The number of primary sulfonamides is 1. The lowest BCUT2D eigenvalue weighted by Crippen LogP contribution is -2.17. The van der Waals surface area contributed by atoms with Crippen LogP contribution >= 0.6 is 15.9 Å². The van der Waals surface area contributed by atoms with Crippen LogP contribution in [-0.2, 0) is 14.8 Å². The highest BCUT2D eigenvalue weighted by molar-refractivity contribution is 9.10. The van der Waals surface area contributed by atoms with Crippen LogP contribution in [0.1, 0.15) is 37.0 Å². The third kappa shape index (κ3) is 4.59. The summed E-state index contributed by atoms with van der Waals surface area (Å²) in [6.45, 7) is 3.78. The molecule has 1 aromatic rings. The highest BCUT2D eigenvalue weighted by Gasteiger charge is 2.18. The molecular formula is C12H16BrNO4S. The zero-order valence-corrected chi connectivity index (χ0v) is 13.1. The fourth-order valence-corrected chi connectivity index (χ4v) is 2.50. The van der Waals surface area contributed by atoms with E-state index in [-0.39, 0.29) is 16.6 Å². The summed E-state index contributed by atoms with van der Waals surface area (Å²) in [4.78, 5) is 11.8. The number of esters is 1. The van der Waals surface area contributed by atoms with E-state index in [0.717, 1.165) is 12.8 Å². The molecule has 7 heteroatoms. The maximum atomic E-state index is 11.9. The number of rotatable bonds is 5. The van der Waals surface area contributed by atoms with Crippen molar-refractivity contribution in [2.24, 2.45) is 5.14 Å². The van der Waals surface area contributed by atoms with Gasteiger partial charge in [-0.05, 0) is 47.5 Å². The van der Waals surface area contributed by atoms with E-state index in [9.17, 15) is 13.2 Å². The molecule has 0 heterocycles. The highest BCUT2D eigenvalue weighted by Crippen LogP contribution is 2.22. The van der Waals surface area contributed by atoms with Crippen LogP contribution in [0, 0.1) is 0 Å². The SMILES string of the molecule is CCCC(C)OC(=O)c1cc(S(N)(=O)=O)ccc1Br. The monoisotopic (exact) mass is 349 g/mol. The van der Waals surface area contributed by atoms with Crippen molar-refractivity contribution in [2.75, 3.05) is 0 Å². The van der Waals surface area contributed by atoms with Crippen LogP contribution in [0.2, 0.25) is 0 Å². The topological polar surface area (TPSA) is 86.5 Å². The van der Waals surface area contributed by atoms with E-state index >= 15 is 0 Å². The van der Waals surface area contributed by atoms with Gasteiger partial charge in [0.2, 0.25) is 10.0 Å². The van der Waals surface area contributed by atoms with Crippen molar-refractivity contribution < 1.29 is 17.9 Å². The van der Waals surface area contributed by atoms with Gasteiger partial charge in [-0.1, -0.05) is 13.3 Å². The van der Waals surface area contributed by atoms with E-state index < -0.39 is 16.0 Å². The maximum Gasteiger partial charge on any atom is 0.339 e. The van der Waals surface area contributed by atoms with Crippen molar-refractivity contribution in [3.63, 3.8) is 0 Å². The fourth-order valence-electron chi connectivity index (χ4n) is 1.55. The second kappa shape index (κ2) is 6.49. The van der Waals surface area contributed by atoms with E-state index in [1.165, 1.54) is 18.2 Å². The van der Waals surface area contributed by atoms with E-state index in [2.05, 4.69) is 15.9 Å². The molecule has 0 spiro atoms. The minimum atomic E-state index is -3.84. The highest BCUT2D eigenvalue weighted by atomic mass is 79.9. The fraction of sp³-hybridized carbons (Fsp3) is 0.417. The van der Waals surface area contributed by atoms with Gasteiger partial charge < -0.3 is 4.74 Å². The summed E-state index contributed by atoms with van der Waals surface area (Å²) in [6.07, 6.45) is 1.42. The smallest absolute Gasteiger partial charge is 0.339 e. The van der Waals surface area contributed by atoms with Crippen LogP contribution < -0.4 is 5.14 Å². The second-order valence-corrected chi connectivity index (χ2v) is 6.61. The molecular weight excluding hydrogens is 334 g/mol. The zero-order chi connectivity index (χ0) is 14.6. The Labute approximate surface area is 121 Å². The molecule has 0 aliphatic heterocycles. The molecule has 0 fully saturated rings. The molecule has 0 saturated carbocycles. The number of hydrogen-bond donors (Lipinski definition) is 1. The number of halogens is 1. The molecule has 1 atom stereocenters. The Bertz CT molecular complexity index is 571. The van der Waals surface area contributed by atoms with E-state index in [0.29, 0.717) is 4.47 Å². The minimum Gasteiger partial charge on any atom is -0.459 e. The Hall–Kier alpha value is -0.920. The van der Waals surface area contributed by atoms with Gasteiger partial charge in [0.15, 0.2) is 0 Å². The van der Waals surface area contributed by atoms with Crippen molar-refractivity contribution in [1.29, 1.82) is 0 Å². The number of ether oxygens (including phenoxy) is 1. The van der Waals surface area contributed by atoms with Crippen molar-refractivity contribution >= 4 is 31.9 Å². The van der Waals surface area contributed by atoms with E-state index in [1.54, 1.807) is 6.92 Å². The van der Waals surface area contributed by atoms with Crippen molar-refractivity contribution in [1.82, 2.24) is 0 Å². The molecule has 19 heavy (non-hydrogen) atoms. The lowest BCUT2D eigenvalue weighted by Gasteiger charge is -2.13. The predicted molar refractivity (Wildman–Crippen MR) is 75.3 cm³/mol. The van der Waals surface area contributed by atoms with Crippen molar-refractivity contribution in [3.8, 4) is 0 Å². The maximum absolute atomic E-state index is 11.9. The van der Waals surface area contributed by atoms with Gasteiger partial charge in [0.1, 0.15) is 0 Å². The standard InChI is InChI=1S/C12H16BrNO4S/c1-3-4-8(2)18-12(15)10-7-9(19(14,16)17)5-6-11(10)13/h5-8H,3-4H2,1-2H3,(H2,14,16,17).